The number of aromatic nitrogens is 1. The van der Waals surface area contributed by atoms with Gasteiger partial charge in [0.1, 0.15) is 0 Å². The highest BCUT2D eigenvalue weighted by Crippen LogP contribution is 2.22. The second-order valence-electron chi connectivity index (χ2n) is 4.03. The van der Waals surface area contributed by atoms with E-state index in [4.69, 9.17) is 5.11 Å². The van der Waals surface area contributed by atoms with E-state index < -0.39 is 5.97 Å². The van der Waals surface area contributed by atoms with Crippen molar-refractivity contribution >= 4 is 27.5 Å². The Bertz CT molecular complexity index is 475. The van der Waals surface area contributed by atoms with E-state index in [9.17, 15) is 4.79 Å². The van der Waals surface area contributed by atoms with Gasteiger partial charge in [-0.1, -0.05) is 33.4 Å². The largest absolute Gasteiger partial charge is 0.481 e. The molecule has 0 bridgehead atoms. The number of unbranched alkanes of at least 4 members (excludes halogenated alkanes) is 2. The van der Waals surface area contributed by atoms with Crippen LogP contribution in [-0.2, 0) is 11.2 Å². The molecule has 0 unspecified atom stereocenters. The minimum absolute atomic E-state index is 0. The van der Waals surface area contributed by atoms with E-state index in [0.717, 1.165) is 36.2 Å². The van der Waals surface area contributed by atoms with Crippen molar-refractivity contribution < 1.29 is 9.90 Å². The third kappa shape index (κ3) is 5.39. The summed E-state index contributed by atoms with van der Waals surface area (Å²) < 4.78 is 1.23. The predicted octanol–water partition coefficient (Wildman–Crippen LogP) is 4.76. The Labute approximate surface area is 119 Å². The molecule has 0 saturated heterocycles. The highest BCUT2D eigenvalue weighted by Gasteiger charge is 2.03. The zero-order valence-corrected chi connectivity index (χ0v) is 10.4. The number of thiazole rings is 1. The van der Waals surface area contributed by atoms with E-state index in [2.05, 4.69) is 11.1 Å². The number of hydrogen-bond acceptors (Lipinski definition) is 3. The van der Waals surface area contributed by atoms with Gasteiger partial charge in [0, 0.05) is 6.42 Å². The van der Waals surface area contributed by atoms with E-state index in [1.807, 2.05) is 18.2 Å². The molecular formula is C15H23NO2S. The minimum Gasteiger partial charge on any atom is -0.481 e. The lowest BCUT2D eigenvalue weighted by molar-refractivity contribution is -0.137. The summed E-state index contributed by atoms with van der Waals surface area (Å²) in [7, 11) is 0. The minimum atomic E-state index is -0.704. The number of fused-ring (bicyclic) bond motifs is 1. The summed E-state index contributed by atoms with van der Waals surface area (Å²) in [5.74, 6) is -0.704. The number of para-hydroxylation sites is 1. The summed E-state index contributed by atoms with van der Waals surface area (Å²) in [6, 6.07) is 8.14. The number of aryl methyl sites for hydroxylation is 1. The Kier molecular flexibility index (Phi) is 8.00. The fourth-order valence-electron chi connectivity index (χ4n) is 1.76. The summed E-state index contributed by atoms with van der Waals surface area (Å²) in [6.07, 6.45) is 3.98. The summed E-state index contributed by atoms with van der Waals surface area (Å²) in [6.45, 7) is 0. The molecule has 0 aliphatic rings. The first-order valence-corrected chi connectivity index (χ1v) is 6.63. The van der Waals surface area contributed by atoms with Crippen LogP contribution < -0.4 is 0 Å². The summed E-state index contributed by atoms with van der Waals surface area (Å²) in [4.78, 5) is 14.9. The van der Waals surface area contributed by atoms with Crippen molar-refractivity contribution in [2.75, 3.05) is 0 Å². The van der Waals surface area contributed by atoms with Crippen LogP contribution in [-0.4, -0.2) is 16.1 Å². The average molecular weight is 281 g/mol. The van der Waals surface area contributed by atoms with Crippen LogP contribution in [0.1, 0.15) is 45.5 Å². The highest BCUT2D eigenvalue weighted by atomic mass is 32.1. The fraction of sp³-hybridized carbons (Fsp3) is 0.467. The Balaban J connectivity index is 0.00000162. The van der Waals surface area contributed by atoms with Gasteiger partial charge in [0.05, 0.1) is 15.2 Å². The molecule has 0 radical (unpaired) electrons. The van der Waals surface area contributed by atoms with Crippen molar-refractivity contribution in [1.29, 1.82) is 0 Å². The second-order valence-corrected chi connectivity index (χ2v) is 5.14. The van der Waals surface area contributed by atoms with Crippen molar-refractivity contribution in [3.63, 3.8) is 0 Å². The second kappa shape index (κ2) is 8.64. The van der Waals surface area contributed by atoms with Crippen LogP contribution >= 0.6 is 11.3 Å². The summed E-state index contributed by atoms with van der Waals surface area (Å²) >= 11 is 1.73. The lowest BCUT2D eigenvalue weighted by Gasteiger charge is -1.96. The quantitative estimate of drug-likeness (QED) is 0.777. The van der Waals surface area contributed by atoms with E-state index in [-0.39, 0.29) is 21.3 Å². The van der Waals surface area contributed by atoms with Gasteiger partial charge >= 0.3 is 5.97 Å². The maximum Gasteiger partial charge on any atom is 0.303 e. The van der Waals surface area contributed by atoms with E-state index in [0.29, 0.717) is 0 Å². The maximum absolute atomic E-state index is 10.3. The third-order valence-electron chi connectivity index (χ3n) is 2.62. The maximum atomic E-state index is 10.3. The number of hydrogen-bond donors (Lipinski definition) is 1. The monoisotopic (exact) mass is 281 g/mol. The van der Waals surface area contributed by atoms with Gasteiger partial charge in [-0.2, -0.15) is 0 Å². The molecule has 4 heteroatoms. The Morgan fingerprint density at radius 2 is 1.89 bits per heavy atom. The normalized spacial score (nSPS) is 9.68. The number of carbonyl (C=O) groups is 1. The number of carboxylic acid groups (broad SMARTS) is 1. The van der Waals surface area contributed by atoms with Gasteiger partial charge in [-0.15, -0.1) is 11.3 Å². The number of aliphatic carboxylic acids is 1. The van der Waals surface area contributed by atoms with Gasteiger partial charge < -0.3 is 5.11 Å². The van der Waals surface area contributed by atoms with E-state index in [1.165, 1.54) is 4.70 Å². The molecule has 0 saturated carbocycles. The first kappa shape index (κ1) is 17.6. The zero-order valence-electron chi connectivity index (χ0n) is 9.56. The van der Waals surface area contributed by atoms with E-state index in [1.54, 1.807) is 11.3 Å². The number of carboxylic acids is 1. The number of benzene rings is 1. The molecule has 0 spiro atoms. The van der Waals surface area contributed by atoms with Gasteiger partial charge in [-0.25, -0.2) is 4.98 Å². The molecule has 0 fully saturated rings. The van der Waals surface area contributed by atoms with Crippen molar-refractivity contribution in [3.8, 4) is 0 Å². The van der Waals surface area contributed by atoms with Crippen molar-refractivity contribution in [1.82, 2.24) is 4.98 Å². The van der Waals surface area contributed by atoms with Gasteiger partial charge in [-0.3, -0.25) is 4.79 Å². The molecule has 2 rings (SSSR count). The van der Waals surface area contributed by atoms with Crippen LogP contribution in [0.2, 0.25) is 0 Å². The molecule has 0 amide bonds. The molecule has 1 heterocycles. The van der Waals surface area contributed by atoms with Gasteiger partial charge in [0.25, 0.3) is 0 Å². The van der Waals surface area contributed by atoms with Gasteiger partial charge in [0.2, 0.25) is 0 Å². The average Bonchev–Trinajstić information content (AvgIpc) is 2.70. The Morgan fingerprint density at radius 1 is 1.16 bits per heavy atom. The molecule has 3 nitrogen and oxygen atoms in total. The van der Waals surface area contributed by atoms with Crippen molar-refractivity contribution in [2.24, 2.45) is 0 Å². The molecule has 1 aromatic heterocycles. The lowest BCUT2D eigenvalue weighted by Crippen LogP contribution is -1.94. The van der Waals surface area contributed by atoms with Crippen LogP contribution in [0.15, 0.2) is 24.3 Å². The van der Waals surface area contributed by atoms with Crippen LogP contribution in [0.4, 0.5) is 0 Å². The number of rotatable bonds is 6. The first-order chi connectivity index (χ1) is 8.25. The Morgan fingerprint density at radius 3 is 2.58 bits per heavy atom. The highest BCUT2D eigenvalue weighted by molar-refractivity contribution is 7.18. The van der Waals surface area contributed by atoms with Crippen LogP contribution in [0.25, 0.3) is 10.2 Å². The van der Waals surface area contributed by atoms with Crippen molar-refractivity contribution in [3.05, 3.63) is 29.3 Å². The zero-order chi connectivity index (χ0) is 12.1. The topological polar surface area (TPSA) is 50.2 Å². The SMILES string of the molecule is C.C.O=C(O)CCCCCc1nc2ccccc2s1. The van der Waals surface area contributed by atoms with Gasteiger partial charge in [0.15, 0.2) is 0 Å². The molecule has 1 aromatic carbocycles. The molecule has 106 valence electrons. The first-order valence-electron chi connectivity index (χ1n) is 5.82. The smallest absolute Gasteiger partial charge is 0.303 e. The molecule has 0 aliphatic carbocycles. The molecule has 2 aromatic rings. The summed E-state index contributed by atoms with van der Waals surface area (Å²) in [5.41, 5.74) is 1.07. The summed E-state index contributed by atoms with van der Waals surface area (Å²) in [5, 5.41) is 9.67. The molecule has 0 atom stereocenters. The van der Waals surface area contributed by atoms with E-state index >= 15 is 0 Å². The molecule has 19 heavy (non-hydrogen) atoms. The number of nitrogens with zero attached hydrogens (tertiary/aromatic N) is 1. The van der Waals surface area contributed by atoms with Crippen molar-refractivity contribution in [2.45, 2.75) is 47.0 Å². The molecule has 0 aliphatic heterocycles. The Hall–Kier alpha value is -1.42. The molecular weight excluding hydrogens is 258 g/mol. The predicted molar refractivity (Wildman–Crippen MR) is 82.9 cm³/mol. The lowest BCUT2D eigenvalue weighted by atomic mass is 10.1. The third-order valence-corrected chi connectivity index (χ3v) is 3.72. The standard InChI is InChI=1S/C13H15NO2S.2CH4/c15-13(16)9-3-1-2-8-12-14-10-6-4-5-7-11(10)17-12;;/h4-7H,1-3,8-9H2,(H,15,16);2*1H4. The van der Waals surface area contributed by atoms with Crippen LogP contribution in [0.3, 0.4) is 0 Å². The fourth-order valence-corrected chi connectivity index (χ4v) is 2.77. The van der Waals surface area contributed by atoms with Crippen LogP contribution in [0.5, 0.6) is 0 Å². The van der Waals surface area contributed by atoms with Crippen LogP contribution in [0, 0.1) is 0 Å². The molecule has 1 N–H and O–H groups in total. The van der Waals surface area contributed by atoms with Gasteiger partial charge in [-0.05, 0) is 31.4 Å².